The zero-order valence-corrected chi connectivity index (χ0v) is 14.1. The number of carbonyl (C=O) groups excluding carboxylic acids is 1. The minimum atomic E-state index is -0.521. The third-order valence-corrected chi connectivity index (χ3v) is 4.81. The van der Waals surface area contributed by atoms with E-state index in [9.17, 15) is 9.90 Å². The molecule has 1 N–H and O–H groups in total. The fraction of sp³-hybridized carbons (Fsp3) is 0.500. The number of aryl methyl sites for hydroxylation is 1. The Balaban J connectivity index is 2.64. The second-order valence-corrected chi connectivity index (χ2v) is 7.05. The smallest absolute Gasteiger partial charge is 0.233 e. The normalized spacial score (nSPS) is 11.5. The summed E-state index contributed by atoms with van der Waals surface area (Å²) in [4.78, 5) is 14.8. The molecule has 0 spiro atoms. The van der Waals surface area contributed by atoms with Gasteiger partial charge in [0.15, 0.2) is 0 Å². The predicted molar refractivity (Wildman–Crippen MR) is 83.5 cm³/mol. The van der Waals surface area contributed by atoms with Crippen molar-refractivity contribution >= 4 is 33.6 Å². The number of aliphatic hydroxyl groups excluding tert-OH is 1. The van der Waals surface area contributed by atoms with Crippen molar-refractivity contribution in [2.24, 2.45) is 0 Å². The van der Waals surface area contributed by atoms with Crippen LogP contribution in [0.25, 0.3) is 0 Å². The van der Waals surface area contributed by atoms with Crippen LogP contribution in [0.5, 0.6) is 0 Å². The van der Waals surface area contributed by atoms with Crippen molar-refractivity contribution in [3.8, 4) is 0 Å². The molecule has 0 radical (unpaired) electrons. The van der Waals surface area contributed by atoms with Crippen LogP contribution in [0.2, 0.25) is 0 Å². The molecule has 3 nitrogen and oxygen atoms in total. The topological polar surface area (TPSA) is 40.5 Å². The molecule has 0 unspecified atom stereocenters. The lowest BCUT2D eigenvalue weighted by molar-refractivity contribution is -0.133. The van der Waals surface area contributed by atoms with Crippen molar-refractivity contribution in [1.29, 1.82) is 0 Å². The van der Waals surface area contributed by atoms with E-state index in [0.717, 1.165) is 14.9 Å². The van der Waals surface area contributed by atoms with E-state index in [0.29, 0.717) is 5.75 Å². The average Bonchev–Trinajstić information content (AvgIpc) is 2.36. The Hall–Kier alpha value is -0.520. The molecule has 0 aliphatic heterocycles. The molecular formula is C14H20BrNO2S. The van der Waals surface area contributed by atoms with Crippen LogP contribution in [0.4, 0.5) is 0 Å². The van der Waals surface area contributed by atoms with E-state index in [1.807, 2.05) is 39.0 Å². The summed E-state index contributed by atoms with van der Waals surface area (Å²) < 4.78 is 1.04. The Labute approximate surface area is 127 Å². The zero-order chi connectivity index (χ0) is 14.6. The van der Waals surface area contributed by atoms with E-state index in [-0.39, 0.29) is 12.5 Å². The molecule has 0 fully saturated rings. The van der Waals surface area contributed by atoms with Crippen LogP contribution < -0.4 is 0 Å². The van der Waals surface area contributed by atoms with Gasteiger partial charge < -0.3 is 10.0 Å². The summed E-state index contributed by atoms with van der Waals surface area (Å²) >= 11 is 4.95. The molecule has 0 saturated carbocycles. The van der Waals surface area contributed by atoms with Crippen LogP contribution in [0.1, 0.15) is 19.4 Å². The number of likely N-dealkylation sites (N-methyl/N-ethyl adjacent to an activating group) is 1. The summed E-state index contributed by atoms with van der Waals surface area (Å²) in [6.45, 7) is 5.68. The van der Waals surface area contributed by atoms with E-state index in [4.69, 9.17) is 0 Å². The second-order valence-electron chi connectivity index (χ2n) is 5.12. The van der Waals surface area contributed by atoms with Crippen LogP contribution in [0.3, 0.4) is 0 Å². The van der Waals surface area contributed by atoms with Gasteiger partial charge in [0.25, 0.3) is 0 Å². The number of hydrogen-bond donors (Lipinski definition) is 1. The summed E-state index contributed by atoms with van der Waals surface area (Å²) in [5.74, 6) is 0.397. The molecular weight excluding hydrogens is 326 g/mol. The third-order valence-electron chi connectivity index (χ3n) is 3.16. The average molecular weight is 346 g/mol. The number of carbonyl (C=O) groups is 1. The van der Waals surface area contributed by atoms with E-state index < -0.39 is 5.54 Å². The quantitative estimate of drug-likeness (QED) is 0.833. The van der Waals surface area contributed by atoms with Crippen LogP contribution in [0.15, 0.2) is 27.6 Å². The SMILES string of the molecule is Cc1cc(Br)ccc1SCC(=O)N(C)C(C)(C)CO. The molecule has 0 bridgehead atoms. The minimum absolute atomic E-state index is 0.0198. The molecule has 5 heteroatoms. The Kier molecular flexibility index (Phi) is 5.89. The maximum absolute atomic E-state index is 12.1. The summed E-state index contributed by atoms with van der Waals surface area (Å²) in [6.07, 6.45) is 0. The molecule has 1 amide bonds. The van der Waals surface area contributed by atoms with Crippen LogP contribution in [0, 0.1) is 6.92 Å². The number of hydrogen-bond acceptors (Lipinski definition) is 3. The van der Waals surface area contributed by atoms with Crippen LogP contribution >= 0.6 is 27.7 Å². The number of amides is 1. The lowest BCUT2D eigenvalue weighted by Gasteiger charge is -2.33. The lowest BCUT2D eigenvalue weighted by Crippen LogP contribution is -2.48. The number of thioether (sulfide) groups is 1. The molecule has 0 aliphatic carbocycles. The molecule has 1 rings (SSSR count). The van der Waals surface area contributed by atoms with Gasteiger partial charge in [0, 0.05) is 16.4 Å². The van der Waals surface area contributed by atoms with Gasteiger partial charge in [-0.3, -0.25) is 4.79 Å². The van der Waals surface area contributed by atoms with E-state index in [2.05, 4.69) is 15.9 Å². The minimum Gasteiger partial charge on any atom is -0.394 e. The number of aliphatic hydroxyl groups is 1. The van der Waals surface area contributed by atoms with E-state index in [1.54, 1.807) is 11.9 Å². The summed E-state index contributed by atoms with van der Waals surface area (Å²) in [5, 5.41) is 9.27. The highest BCUT2D eigenvalue weighted by molar-refractivity contribution is 9.10. The first kappa shape index (κ1) is 16.5. The highest BCUT2D eigenvalue weighted by Crippen LogP contribution is 2.26. The second kappa shape index (κ2) is 6.77. The van der Waals surface area contributed by atoms with Gasteiger partial charge in [0.05, 0.1) is 17.9 Å². The van der Waals surface area contributed by atoms with Gasteiger partial charge in [-0.15, -0.1) is 11.8 Å². The highest BCUT2D eigenvalue weighted by atomic mass is 79.9. The molecule has 0 saturated heterocycles. The van der Waals surface area contributed by atoms with Gasteiger partial charge in [0.2, 0.25) is 5.91 Å². The number of rotatable bonds is 5. The van der Waals surface area contributed by atoms with Crippen molar-refractivity contribution in [2.75, 3.05) is 19.4 Å². The van der Waals surface area contributed by atoms with Crippen LogP contribution in [-0.4, -0.2) is 40.9 Å². The molecule has 0 heterocycles. The standard InChI is InChI=1S/C14H20BrNO2S/c1-10-7-11(15)5-6-12(10)19-8-13(18)16(4)14(2,3)9-17/h5-7,17H,8-9H2,1-4H3. The first-order chi connectivity index (χ1) is 8.77. The molecule has 0 aliphatic rings. The van der Waals surface area contributed by atoms with Gasteiger partial charge in [-0.2, -0.15) is 0 Å². The Morgan fingerprint density at radius 1 is 1.47 bits per heavy atom. The molecule has 1 aromatic carbocycles. The molecule has 19 heavy (non-hydrogen) atoms. The summed E-state index contributed by atoms with van der Waals surface area (Å²) in [7, 11) is 1.73. The van der Waals surface area contributed by atoms with Crippen molar-refractivity contribution in [1.82, 2.24) is 4.90 Å². The van der Waals surface area contributed by atoms with Crippen molar-refractivity contribution in [3.63, 3.8) is 0 Å². The van der Waals surface area contributed by atoms with Gasteiger partial charge in [-0.05, 0) is 44.5 Å². The van der Waals surface area contributed by atoms with Gasteiger partial charge in [-0.1, -0.05) is 15.9 Å². The maximum Gasteiger partial charge on any atom is 0.233 e. The predicted octanol–water partition coefficient (Wildman–Crippen LogP) is 3.08. The Morgan fingerprint density at radius 3 is 2.63 bits per heavy atom. The zero-order valence-electron chi connectivity index (χ0n) is 11.7. The van der Waals surface area contributed by atoms with Gasteiger partial charge in [-0.25, -0.2) is 0 Å². The maximum atomic E-state index is 12.1. The fourth-order valence-corrected chi connectivity index (χ4v) is 2.85. The Morgan fingerprint density at radius 2 is 2.11 bits per heavy atom. The third kappa shape index (κ3) is 4.51. The number of halogens is 1. The highest BCUT2D eigenvalue weighted by Gasteiger charge is 2.26. The summed E-state index contributed by atoms with van der Waals surface area (Å²) in [6, 6.07) is 6.02. The van der Waals surface area contributed by atoms with E-state index in [1.165, 1.54) is 11.8 Å². The molecule has 1 aromatic rings. The molecule has 0 atom stereocenters. The van der Waals surface area contributed by atoms with Crippen LogP contribution in [-0.2, 0) is 4.79 Å². The molecule has 106 valence electrons. The van der Waals surface area contributed by atoms with Crippen molar-refractivity contribution in [2.45, 2.75) is 31.2 Å². The largest absolute Gasteiger partial charge is 0.394 e. The molecule has 0 aromatic heterocycles. The lowest BCUT2D eigenvalue weighted by atomic mass is 10.1. The first-order valence-electron chi connectivity index (χ1n) is 6.04. The van der Waals surface area contributed by atoms with Crippen molar-refractivity contribution < 1.29 is 9.90 Å². The monoisotopic (exact) mass is 345 g/mol. The van der Waals surface area contributed by atoms with Crippen molar-refractivity contribution in [3.05, 3.63) is 28.2 Å². The number of benzene rings is 1. The summed E-state index contributed by atoms with van der Waals surface area (Å²) in [5.41, 5.74) is 0.628. The van der Waals surface area contributed by atoms with E-state index >= 15 is 0 Å². The Bertz CT molecular complexity index is 463. The van der Waals surface area contributed by atoms with Gasteiger partial charge >= 0.3 is 0 Å². The first-order valence-corrected chi connectivity index (χ1v) is 7.82. The number of nitrogens with zero attached hydrogens (tertiary/aromatic N) is 1. The van der Waals surface area contributed by atoms with Gasteiger partial charge in [0.1, 0.15) is 0 Å². The fourth-order valence-electron chi connectivity index (χ4n) is 1.45.